The third kappa shape index (κ3) is 2.67. The number of nitrogens with two attached hydrogens (primary N) is 1. The molecule has 0 aliphatic carbocycles. The number of nitrogens with zero attached hydrogens (tertiary/aromatic N) is 1. The van der Waals surface area contributed by atoms with Gasteiger partial charge in [0.1, 0.15) is 17.5 Å². The third-order valence-electron chi connectivity index (χ3n) is 4.16. The van der Waals surface area contributed by atoms with Crippen molar-refractivity contribution in [3.8, 4) is 0 Å². The number of amides is 2. The zero-order valence-electron chi connectivity index (χ0n) is 12.7. The molecule has 4 atom stereocenters. The molecule has 7 nitrogen and oxygen atoms in total. The molecule has 0 radical (unpaired) electrons. The summed E-state index contributed by atoms with van der Waals surface area (Å²) in [5.74, 6) is -1.56. The van der Waals surface area contributed by atoms with E-state index < -0.39 is 41.3 Å². The van der Waals surface area contributed by atoms with Crippen molar-refractivity contribution in [3.63, 3.8) is 0 Å². The number of carbonyl (C=O) groups is 3. The van der Waals surface area contributed by atoms with E-state index in [9.17, 15) is 19.5 Å². The van der Waals surface area contributed by atoms with E-state index in [1.807, 2.05) is 6.07 Å². The number of hydrogen-bond donors (Lipinski definition) is 3. The van der Waals surface area contributed by atoms with Crippen molar-refractivity contribution < 1.29 is 19.5 Å². The Kier molecular flexibility index (Phi) is 4.33. The molecule has 126 valence electrons. The van der Waals surface area contributed by atoms with Crippen LogP contribution in [0.15, 0.2) is 42.5 Å². The molecule has 0 bridgehead atoms. The van der Waals surface area contributed by atoms with Gasteiger partial charge < -0.3 is 21.1 Å². The Bertz CT molecular complexity index is 709. The van der Waals surface area contributed by atoms with Crippen LogP contribution in [0.25, 0.3) is 0 Å². The number of aliphatic carboxylic acids is 1. The quantitative estimate of drug-likeness (QED) is 0.526. The van der Waals surface area contributed by atoms with Gasteiger partial charge in [-0.2, -0.15) is 0 Å². The summed E-state index contributed by atoms with van der Waals surface area (Å²) in [6.07, 6.45) is 0. The van der Waals surface area contributed by atoms with Gasteiger partial charge in [0.05, 0.1) is 0 Å². The topological polar surface area (TPSA) is 113 Å². The Morgan fingerprint density at radius 3 is 2.67 bits per heavy atom. The lowest BCUT2D eigenvalue weighted by atomic mass is 9.98. The molecule has 3 rings (SSSR count). The number of carboxylic acid groups (broad SMARTS) is 1. The fourth-order valence-electron chi connectivity index (χ4n) is 2.89. The van der Waals surface area contributed by atoms with Crippen molar-refractivity contribution in [2.24, 2.45) is 5.73 Å². The molecule has 2 saturated heterocycles. The van der Waals surface area contributed by atoms with E-state index in [1.54, 1.807) is 24.3 Å². The van der Waals surface area contributed by atoms with Gasteiger partial charge in [0.2, 0.25) is 11.8 Å². The standard InChI is InChI=1S/C16H17N3O4S/c1-8-7-24-15-11(14(21)19(15)12(8)16(22)23)18-13(20)10(17)9-5-3-2-4-6-9/h2-6,10-12,15H,1,7,17H2,(H,18,20)(H,22,23)/t10-,11?,12?,15-/m0/s1. The Hall–Kier alpha value is -2.32. The van der Waals surface area contributed by atoms with E-state index in [1.165, 1.54) is 16.7 Å². The molecular weight excluding hydrogens is 330 g/mol. The minimum atomic E-state index is -1.11. The fourth-order valence-corrected chi connectivity index (χ4v) is 4.19. The molecule has 4 N–H and O–H groups in total. The van der Waals surface area contributed by atoms with Gasteiger partial charge in [0.25, 0.3) is 0 Å². The molecule has 0 saturated carbocycles. The summed E-state index contributed by atoms with van der Waals surface area (Å²) >= 11 is 1.39. The smallest absolute Gasteiger partial charge is 0.330 e. The summed E-state index contributed by atoms with van der Waals surface area (Å²) in [5, 5.41) is 11.5. The number of β-lactam (4-membered cyclic amide) rings is 1. The Labute approximate surface area is 142 Å². The lowest BCUT2D eigenvalue weighted by molar-refractivity contribution is -0.160. The molecular formula is C16H17N3O4S. The summed E-state index contributed by atoms with van der Waals surface area (Å²) in [7, 11) is 0. The van der Waals surface area contributed by atoms with Crippen LogP contribution in [0.3, 0.4) is 0 Å². The maximum atomic E-state index is 12.3. The van der Waals surface area contributed by atoms with E-state index in [2.05, 4.69) is 11.9 Å². The summed E-state index contributed by atoms with van der Waals surface area (Å²) in [6.45, 7) is 3.72. The number of thioether (sulfide) groups is 1. The second kappa shape index (κ2) is 6.29. The second-order valence-corrected chi connectivity index (χ2v) is 6.83. The molecule has 2 amide bonds. The van der Waals surface area contributed by atoms with Crippen molar-refractivity contribution in [2.45, 2.75) is 23.5 Å². The number of nitrogens with one attached hydrogen (secondary N) is 1. The van der Waals surface area contributed by atoms with Crippen LogP contribution in [0.1, 0.15) is 11.6 Å². The Morgan fingerprint density at radius 2 is 2.04 bits per heavy atom. The molecule has 24 heavy (non-hydrogen) atoms. The van der Waals surface area contributed by atoms with E-state index >= 15 is 0 Å². The molecule has 0 aromatic heterocycles. The van der Waals surface area contributed by atoms with Crippen LogP contribution >= 0.6 is 11.8 Å². The molecule has 2 aliphatic rings. The minimum Gasteiger partial charge on any atom is -0.479 e. The summed E-state index contributed by atoms with van der Waals surface area (Å²) in [5.41, 5.74) is 7.04. The highest BCUT2D eigenvalue weighted by Crippen LogP contribution is 2.40. The zero-order valence-corrected chi connectivity index (χ0v) is 13.5. The highest BCUT2D eigenvalue weighted by Gasteiger charge is 2.56. The SMILES string of the molecule is C=C1CS[C@H]2C(NC(=O)[C@@H](N)c3ccccc3)C(=O)N2C1C(=O)O. The van der Waals surface area contributed by atoms with Crippen molar-refractivity contribution in [1.29, 1.82) is 0 Å². The highest BCUT2D eigenvalue weighted by molar-refractivity contribution is 8.00. The van der Waals surface area contributed by atoms with Crippen molar-refractivity contribution in [2.75, 3.05) is 5.75 Å². The van der Waals surface area contributed by atoms with E-state index in [4.69, 9.17) is 5.73 Å². The second-order valence-electron chi connectivity index (χ2n) is 5.72. The first-order chi connectivity index (χ1) is 11.4. The summed E-state index contributed by atoms with van der Waals surface area (Å²) in [6, 6.07) is 6.17. The van der Waals surface area contributed by atoms with Crippen LogP contribution in [0, 0.1) is 0 Å². The van der Waals surface area contributed by atoms with Crippen LogP contribution in [0.4, 0.5) is 0 Å². The minimum absolute atomic E-state index is 0.406. The van der Waals surface area contributed by atoms with Crippen LogP contribution < -0.4 is 11.1 Å². The lowest BCUT2D eigenvalue weighted by Crippen LogP contribution is -2.74. The van der Waals surface area contributed by atoms with Crippen LogP contribution in [-0.2, 0) is 14.4 Å². The lowest BCUT2D eigenvalue weighted by Gasteiger charge is -2.52. The van der Waals surface area contributed by atoms with Gasteiger partial charge in [0.15, 0.2) is 6.04 Å². The van der Waals surface area contributed by atoms with Gasteiger partial charge in [-0.15, -0.1) is 11.8 Å². The van der Waals surface area contributed by atoms with E-state index in [0.717, 1.165) is 0 Å². The third-order valence-corrected chi connectivity index (χ3v) is 5.54. The molecule has 2 aliphatic heterocycles. The average molecular weight is 347 g/mol. The van der Waals surface area contributed by atoms with Crippen molar-refractivity contribution >= 4 is 29.5 Å². The molecule has 0 spiro atoms. The van der Waals surface area contributed by atoms with Gasteiger partial charge in [-0.25, -0.2) is 4.79 Å². The first-order valence-corrected chi connectivity index (χ1v) is 8.42. The molecule has 8 heteroatoms. The van der Waals surface area contributed by atoms with Crippen LogP contribution in [0.2, 0.25) is 0 Å². The van der Waals surface area contributed by atoms with Gasteiger partial charge in [-0.05, 0) is 11.1 Å². The number of rotatable bonds is 4. The molecule has 2 unspecified atom stereocenters. The first-order valence-electron chi connectivity index (χ1n) is 7.37. The van der Waals surface area contributed by atoms with E-state index in [-0.39, 0.29) is 0 Å². The van der Waals surface area contributed by atoms with Gasteiger partial charge in [0, 0.05) is 5.75 Å². The predicted octanol–water partition coefficient (Wildman–Crippen LogP) is 0.0957. The van der Waals surface area contributed by atoms with Crippen LogP contribution in [0.5, 0.6) is 0 Å². The van der Waals surface area contributed by atoms with Gasteiger partial charge in [-0.3, -0.25) is 9.59 Å². The molecule has 1 aromatic carbocycles. The summed E-state index contributed by atoms with van der Waals surface area (Å²) < 4.78 is 0. The number of carboxylic acids is 1. The highest BCUT2D eigenvalue weighted by atomic mass is 32.2. The number of carbonyl (C=O) groups excluding carboxylic acids is 2. The number of benzene rings is 1. The molecule has 2 fully saturated rings. The van der Waals surface area contributed by atoms with Crippen LogP contribution in [-0.4, -0.2) is 51.0 Å². The number of hydrogen-bond acceptors (Lipinski definition) is 5. The largest absolute Gasteiger partial charge is 0.479 e. The maximum Gasteiger partial charge on any atom is 0.330 e. The number of fused-ring (bicyclic) bond motifs is 1. The van der Waals surface area contributed by atoms with Crippen molar-refractivity contribution in [3.05, 3.63) is 48.0 Å². The molecule has 1 aromatic rings. The summed E-state index contributed by atoms with van der Waals surface area (Å²) in [4.78, 5) is 37.2. The first kappa shape index (κ1) is 16.5. The van der Waals surface area contributed by atoms with Gasteiger partial charge in [-0.1, -0.05) is 36.9 Å². The Balaban J connectivity index is 1.69. The monoisotopic (exact) mass is 347 g/mol. The van der Waals surface area contributed by atoms with Gasteiger partial charge >= 0.3 is 5.97 Å². The maximum absolute atomic E-state index is 12.3. The van der Waals surface area contributed by atoms with Crippen molar-refractivity contribution in [1.82, 2.24) is 10.2 Å². The van der Waals surface area contributed by atoms with E-state index in [0.29, 0.717) is 16.9 Å². The normalized spacial score (nSPS) is 27.0. The average Bonchev–Trinajstić information content (AvgIpc) is 2.59. The Morgan fingerprint density at radius 1 is 1.38 bits per heavy atom. The fraction of sp³-hybridized carbons (Fsp3) is 0.312. The predicted molar refractivity (Wildman–Crippen MR) is 89.0 cm³/mol. The zero-order chi connectivity index (χ0) is 17.4. The molecule has 2 heterocycles.